The van der Waals surface area contributed by atoms with Crippen LogP contribution in [0.2, 0.25) is 0 Å². The van der Waals surface area contributed by atoms with Crippen LogP contribution >= 0.6 is 0 Å². The Bertz CT molecular complexity index is 1260. The second-order valence-corrected chi connectivity index (χ2v) is 7.00. The fourth-order valence-electron chi connectivity index (χ4n) is 3.33. The van der Waals surface area contributed by atoms with Gasteiger partial charge in [-0.1, -0.05) is 36.4 Å². The minimum Gasteiger partial charge on any atom is -0.495 e. The van der Waals surface area contributed by atoms with Crippen molar-refractivity contribution in [3.63, 3.8) is 0 Å². The number of carbonyl (C=O) groups excluding carboxylic acids is 2. The minimum absolute atomic E-state index is 0.429. The number of rotatable bonds is 5. The summed E-state index contributed by atoms with van der Waals surface area (Å²) < 4.78 is 16.7. The highest BCUT2D eigenvalue weighted by atomic mass is 16.5. The second-order valence-electron chi connectivity index (χ2n) is 7.00. The quantitative estimate of drug-likeness (QED) is 0.470. The highest BCUT2D eigenvalue weighted by Gasteiger charge is 2.22. The molecule has 6 heteroatoms. The van der Waals surface area contributed by atoms with Crippen molar-refractivity contribution >= 4 is 39.5 Å². The number of aryl methyl sites for hydroxylation is 1. The number of furan rings is 1. The molecule has 0 fully saturated rings. The van der Waals surface area contributed by atoms with Crippen LogP contribution in [0.25, 0.3) is 21.9 Å². The van der Waals surface area contributed by atoms with Crippen LogP contribution in [0.5, 0.6) is 5.75 Å². The predicted octanol–water partition coefficient (Wildman–Crippen LogP) is 5.09. The molecular formula is C24H21NO5. The van der Waals surface area contributed by atoms with Gasteiger partial charge in [-0.2, -0.15) is 0 Å². The van der Waals surface area contributed by atoms with Crippen molar-refractivity contribution in [3.8, 4) is 5.75 Å². The van der Waals surface area contributed by atoms with E-state index in [4.69, 9.17) is 13.9 Å². The van der Waals surface area contributed by atoms with E-state index in [1.54, 1.807) is 18.2 Å². The van der Waals surface area contributed by atoms with Gasteiger partial charge in [-0.15, -0.1) is 0 Å². The van der Waals surface area contributed by atoms with E-state index in [-0.39, 0.29) is 0 Å². The smallest absolute Gasteiger partial charge is 0.339 e. The van der Waals surface area contributed by atoms with E-state index in [1.165, 1.54) is 14.0 Å². The van der Waals surface area contributed by atoms with Gasteiger partial charge in [0.25, 0.3) is 5.91 Å². The Morgan fingerprint density at radius 2 is 1.70 bits per heavy atom. The number of hydrogen-bond acceptors (Lipinski definition) is 5. The summed E-state index contributed by atoms with van der Waals surface area (Å²) in [5, 5.41) is 4.62. The van der Waals surface area contributed by atoms with Crippen molar-refractivity contribution in [1.29, 1.82) is 0 Å². The van der Waals surface area contributed by atoms with E-state index in [9.17, 15) is 9.59 Å². The Kier molecular flexibility index (Phi) is 5.14. The van der Waals surface area contributed by atoms with Gasteiger partial charge in [-0.3, -0.25) is 4.79 Å². The molecule has 0 saturated carbocycles. The minimum atomic E-state index is -0.992. The number of nitrogens with one attached hydrogen (secondary N) is 1. The van der Waals surface area contributed by atoms with Gasteiger partial charge in [0.1, 0.15) is 16.9 Å². The Labute approximate surface area is 173 Å². The Morgan fingerprint density at radius 1 is 0.967 bits per heavy atom. The summed E-state index contributed by atoms with van der Waals surface area (Å²) in [5.74, 6) is -0.527. The van der Waals surface area contributed by atoms with Gasteiger partial charge >= 0.3 is 5.97 Å². The first-order chi connectivity index (χ1) is 14.5. The molecule has 0 aliphatic carbocycles. The molecule has 1 atom stereocenters. The zero-order chi connectivity index (χ0) is 21.3. The zero-order valence-electron chi connectivity index (χ0n) is 16.9. The van der Waals surface area contributed by atoms with E-state index in [0.29, 0.717) is 22.6 Å². The average Bonchev–Trinajstić information content (AvgIpc) is 3.10. The van der Waals surface area contributed by atoms with Gasteiger partial charge in [0, 0.05) is 16.8 Å². The standard InChI is InChI=1S/C24H21NO5/c1-14-8-4-5-9-16(14)24(27)29-15(2)23(26)25-19-13-21-18(12-22(19)28-3)17-10-6-7-11-20(17)30-21/h4-13,15H,1-3H3,(H,25,26). The van der Waals surface area contributed by atoms with Crippen LogP contribution in [0.15, 0.2) is 65.1 Å². The van der Waals surface area contributed by atoms with Crippen molar-refractivity contribution < 1.29 is 23.5 Å². The van der Waals surface area contributed by atoms with Crippen LogP contribution < -0.4 is 10.1 Å². The third-order valence-electron chi connectivity index (χ3n) is 4.97. The molecule has 1 amide bonds. The fourth-order valence-corrected chi connectivity index (χ4v) is 3.33. The molecule has 152 valence electrons. The van der Waals surface area contributed by atoms with Gasteiger partial charge in [-0.05, 0) is 37.6 Å². The first kappa shape index (κ1) is 19.5. The molecule has 0 spiro atoms. The highest BCUT2D eigenvalue weighted by Crippen LogP contribution is 2.36. The highest BCUT2D eigenvalue weighted by molar-refractivity contribution is 6.08. The molecule has 0 saturated heterocycles. The monoisotopic (exact) mass is 403 g/mol. The number of anilines is 1. The molecule has 30 heavy (non-hydrogen) atoms. The number of esters is 1. The van der Waals surface area contributed by atoms with Crippen molar-refractivity contribution in [2.75, 3.05) is 12.4 Å². The zero-order valence-corrected chi connectivity index (χ0v) is 16.9. The maximum Gasteiger partial charge on any atom is 0.339 e. The number of benzene rings is 3. The van der Waals surface area contributed by atoms with Crippen molar-refractivity contribution in [1.82, 2.24) is 0 Å². The molecule has 4 rings (SSSR count). The predicted molar refractivity (Wildman–Crippen MR) is 115 cm³/mol. The third-order valence-corrected chi connectivity index (χ3v) is 4.97. The van der Waals surface area contributed by atoms with Crippen LogP contribution in [0.1, 0.15) is 22.8 Å². The summed E-state index contributed by atoms with van der Waals surface area (Å²) in [4.78, 5) is 25.1. The molecule has 4 aromatic rings. The number of fused-ring (bicyclic) bond motifs is 3. The van der Waals surface area contributed by atoms with E-state index >= 15 is 0 Å². The average molecular weight is 403 g/mol. The van der Waals surface area contributed by atoms with E-state index < -0.39 is 18.0 Å². The van der Waals surface area contributed by atoms with Gasteiger partial charge in [0.05, 0.1) is 18.4 Å². The van der Waals surface area contributed by atoms with E-state index in [1.807, 2.05) is 49.4 Å². The Hall–Kier alpha value is -3.80. The van der Waals surface area contributed by atoms with E-state index in [2.05, 4.69) is 5.32 Å². The van der Waals surface area contributed by atoms with Gasteiger partial charge in [-0.25, -0.2) is 4.79 Å². The molecule has 0 radical (unpaired) electrons. The summed E-state index contributed by atoms with van der Waals surface area (Å²) in [6.45, 7) is 3.34. The van der Waals surface area contributed by atoms with Crippen molar-refractivity contribution in [3.05, 3.63) is 71.8 Å². The topological polar surface area (TPSA) is 77.8 Å². The number of amides is 1. The summed E-state index contributed by atoms with van der Waals surface area (Å²) in [6, 6.07) is 18.3. The van der Waals surface area contributed by atoms with Crippen LogP contribution in [0.4, 0.5) is 5.69 Å². The maximum absolute atomic E-state index is 12.7. The second kappa shape index (κ2) is 7.91. The normalized spacial score (nSPS) is 12.0. The van der Waals surface area contributed by atoms with Crippen LogP contribution in [0, 0.1) is 6.92 Å². The first-order valence-electron chi connectivity index (χ1n) is 9.54. The summed E-state index contributed by atoms with van der Waals surface area (Å²) in [6.07, 6.45) is -0.992. The van der Waals surface area contributed by atoms with E-state index in [0.717, 1.165) is 21.9 Å². The van der Waals surface area contributed by atoms with Crippen molar-refractivity contribution in [2.24, 2.45) is 0 Å². The summed E-state index contributed by atoms with van der Waals surface area (Å²) in [7, 11) is 1.53. The fraction of sp³-hybridized carbons (Fsp3) is 0.167. The third kappa shape index (κ3) is 3.59. The maximum atomic E-state index is 12.7. The number of hydrogen-bond donors (Lipinski definition) is 1. The Balaban J connectivity index is 1.56. The molecule has 0 bridgehead atoms. The molecule has 6 nitrogen and oxygen atoms in total. The first-order valence-corrected chi connectivity index (χ1v) is 9.54. The lowest BCUT2D eigenvalue weighted by atomic mass is 10.1. The molecule has 0 aliphatic rings. The lowest BCUT2D eigenvalue weighted by Crippen LogP contribution is -2.30. The Morgan fingerprint density at radius 3 is 2.47 bits per heavy atom. The summed E-state index contributed by atoms with van der Waals surface area (Å²) in [5.41, 5.74) is 3.02. The molecular weight excluding hydrogens is 382 g/mol. The molecule has 1 N–H and O–H groups in total. The molecule has 0 aliphatic heterocycles. The van der Waals surface area contributed by atoms with Gasteiger partial charge < -0.3 is 19.2 Å². The number of para-hydroxylation sites is 1. The van der Waals surface area contributed by atoms with Crippen LogP contribution in [0.3, 0.4) is 0 Å². The van der Waals surface area contributed by atoms with Crippen LogP contribution in [-0.4, -0.2) is 25.1 Å². The molecule has 1 aromatic heterocycles. The van der Waals surface area contributed by atoms with Gasteiger partial charge in [0.15, 0.2) is 6.10 Å². The van der Waals surface area contributed by atoms with Crippen LogP contribution in [-0.2, 0) is 9.53 Å². The number of ether oxygens (including phenoxy) is 2. The largest absolute Gasteiger partial charge is 0.495 e. The SMILES string of the molecule is COc1cc2c(cc1NC(=O)C(C)OC(=O)c1ccccc1C)oc1ccccc12. The van der Waals surface area contributed by atoms with Gasteiger partial charge in [0.2, 0.25) is 0 Å². The number of carbonyl (C=O) groups is 2. The number of methoxy groups -OCH3 is 1. The summed E-state index contributed by atoms with van der Waals surface area (Å²) >= 11 is 0. The van der Waals surface area contributed by atoms with Crippen molar-refractivity contribution in [2.45, 2.75) is 20.0 Å². The lowest BCUT2D eigenvalue weighted by molar-refractivity contribution is -0.123. The molecule has 1 heterocycles. The lowest BCUT2D eigenvalue weighted by Gasteiger charge is -2.16. The molecule has 1 unspecified atom stereocenters. The molecule has 3 aromatic carbocycles.